The number of hydrogen-bond donors (Lipinski definition) is 1. The van der Waals surface area contributed by atoms with Crippen LogP contribution in [0.1, 0.15) is 5.69 Å². The quantitative estimate of drug-likeness (QED) is 0.732. The molecule has 0 atom stereocenters. The number of nitrogens with one attached hydrogen (secondary N) is 1. The lowest BCUT2D eigenvalue weighted by atomic mass is 10.3. The van der Waals surface area contributed by atoms with Crippen molar-refractivity contribution in [1.29, 1.82) is 0 Å². The van der Waals surface area contributed by atoms with Gasteiger partial charge in [0.05, 0.1) is 23.3 Å². The Balaban J connectivity index is 2.11. The van der Waals surface area contributed by atoms with Gasteiger partial charge in [0.1, 0.15) is 0 Å². The zero-order chi connectivity index (χ0) is 12.7. The molecule has 0 saturated carbocycles. The van der Waals surface area contributed by atoms with Gasteiger partial charge < -0.3 is 9.55 Å². The van der Waals surface area contributed by atoms with Crippen LogP contribution >= 0.6 is 23.8 Å². The summed E-state index contributed by atoms with van der Waals surface area (Å²) in [5.74, 6) is 0. The lowest BCUT2D eigenvalue weighted by Crippen LogP contribution is -2.01. The molecule has 18 heavy (non-hydrogen) atoms. The van der Waals surface area contributed by atoms with Gasteiger partial charge in [0.25, 0.3) is 0 Å². The Hall–Kier alpha value is -1.59. The van der Waals surface area contributed by atoms with Crippen molar-refractivity contribution in [3.05, 3.63) is 45.9 Å². The molecule has 6 heteroatoms. The second-order valence-corrected chi connectivity index (χ2v) is 4.98. The fourth-order valence-corrected chi connectivity index (χ4v) is 2.45. The summed E-state index contributed by atoms with van der Waals surface area (Å²) >= 11 is 11.3. The average molecular weight is 279 g/mol. The molecular formula is C12H11ClN4S. The van der Waals surface area contributed by atoms with Crippen molar-refractivity contribution in [3.63, 3.8) is 0 Å². The predicted molar refractivity (Wildman–Crippen MR) is 74.4 cm³/mol. The number of benzene rings is 1. The van der Waals surface area contributed by atoms with Gasteiger partial charge in [-0.15, -0.1) is 0 Å². The van der Waals surface area contributed by atoms with E-state index in [4.69, 9.17) is 23.8 Å². The molecule has 0 aliphatic carbocycles. The molecule has 0 aliphatic heterocycles. The van der Waals surface area contributed by atoms with Gasteiger partial charge in [-0.2, -0.15) is 5.10 Å². The summed E-state index contributed by atoms with van der Waals surface area (Å²) in [5.41, 5.74) is 2.96. The van der Waals surface area contributed by atoms with Crippen LogP contribution in [0.5, 0.6) is 0 Å². The van der Waals surface area contributed by atoms with E-state index in [0.29, 0.717) is 16.3 Å². The van der Waals surface area contributed by atoms with E-state index < -0.39 is 0 Å². The van der Waals surface area contributed by atoms with E-state index in [1.807, 2.05) is 42.1 Å². The van der Waals surface area contributed by atoms with E-state index in [1.54, 1.807) is 4.68 Å². The second kappa shape index (κ2) is 4.26. The van der Waals surface area contributed by atoms with Gasteiger partial charge in [0.2, 0.25) is 0 Å². The Kier molecular flexibility index (Phi) is 2.72. The molecule has 0 spiro atoms. The lowest BCUT2D eigenvalue weighted by Gasteiger charge is -2.01. The van der Waals surface area contributed by atoms with E-state index >= 15 is 0 Å². The predicted octanol–water partition coefficient (Wildman–Crippen LogP) is 3.13. The SMILES string of the molecule is Cn1ccc(Cn2c(=S)[nH]c3cc(Cl)ccc32)n1. The number of nitrogens with zero attached hydrogens (tertiary/aromatic N) is 3. The summed E-state index contributed by atoms with van der Waals surface area (Å²) < 4.78 is 4.48. The van der Waals surface area contributed by atoms with Crippen LogP contribution in [0.2, 0.25) is 5.02 Å². The Morgan fingerprint density at radius 1 is 1.39 bits per heavy atom. The van der Waals surface area contributed by atoms with Gasteiger partial charge in [-0.1, -0.05) is 11.6 Å². The van der Waals surface area contributed by atoms with Crippen LogP contribution in [-0.2, 0) is 13.6 Å². The van der Waals surface area contributed by atoms with E-state index in [2.05, 4.69) is 10.1 Å². The van der Waals surface area contributed by atoms with Crippen molar-refractivity contribution in [2.75, 3.05) is 0 Å². The first kappa shape index (κ1) is 11.5. The number of aromatic amines is 1. The Morgan fingerprint density at radius 2 is 2.22 bits per heavy atom. The first-order valence-electron chi connectivity index (χ1n) is 5.50. The molecule has 0 amide bonds. The van der Waals surface area contributed by atoms with Gasteiger partial charge >= 0.3 is 0 Å². The van der Waals surface area contributed by atoms with E-state index in [9.17, 15) is 0 Å². The Bertz CT molecular complexity index is 768. The standard InChI is InChI=1S/C12H11ClN4S/c1-16-5-4-9(15-16)7-17-11-3-2-8(13)6-10(11)14-12(17)18/h2-6H,7H2,1H3,(H,14,18). The summed E-state index contributed by atoms with van der Waals surface area (Å²) in [6, 6.07) is 7.69. The minimum atomic E-state index is 0.654. The molecule has 2 aromatic heterocycles. The van der Waals surface area contributed by atoms with Crippen LogP contribution in [-0.4, -0.2) is 19.3 Å². The number of halogens is 1. The van der Waals surface area contributed by atoms with Crippen molar-refractivity contribution in [2.24, 2.45) is 7.05 Å². The topological polar surface area (TPSA) is 38.5 Å². The molecule has 2 heterocycles. The highest BCUT2D eigenvalue weighted by Crippen LogP contribution is 2.19. The number of rotatable bonds is 2. The summed E-state index contributed by atoms with van der Waals surface area (Å²) in [4.78, 5) is 3.15. The van der Waals surface area contributed by atoms with Crippen LogP contribution < -0.4 is 0 Å². The minimum absolute atomic E-state index is 0.654. The molecule has 0 aliphatic rings. The van der Waals surface area contributed by atoms with Crippen molar-refractivity contribution >= 4 is 34.9 Å². The summed E-state index contributed by atoms with van der Waals surface area (Å²) in [7, 11) is 1.90. The third-order valence-electron chi connectivity index (χ3n) is 2.83. The van der Waals surface area contributed by atoms with E-state index in [-0.39, 0.29) is 0 Å². The Labute approximate surface area is 114 Å². The maximum absolute atomic E-state index is 5.96. The molecule has 3 aromatic rings. The van der Waals surface area contributed by atoms with Crippen LogP contribution in [0.25, 0.3) is 11.0 Å². The third kappa shape index (κ3) is 1.95. The fraction of sp³-hybridized carbons (Fsp3) is 0.167. The second-order valence-electron chi connectivity index (χ2n) is 4.16. The molecule has 0 fully saturated rings. The zero-order valence-corrected chi connectivity index (χ0v) is 11.3. The molecule has 92 valence electrons. The first-order valence-corrected chi connectivity index (χ1v) is 6.29. The average Bonchev–Trinajstić information content (AvgIpc) is 2.84. The molecular weight excluding hydrogens is 268 g/mol. The molecule has 0 radical (unpaired) electrons. The maximum atomic E-state index is 5.96. The molecule has 0 saturated heterocycles. The highest BCUT2D eigenvalue weighted by Gasteiger charge is 2.06. The first-order chi connectivity index (χ1) is 8.63. The minimum Gasteiger partial charge on any atom is -0.331 e. The van der Waals surface area contributed by atoms with Crippen molar-refractivity contribution in [2.45, 2.75) is 6.54 Å². The molecule has 1 N–H and O–H groups in total. The Morgan fingerprint density at radius 3 is 2.94 bits per heavy atom. The number of fused-ring (bicyclic) bond motifs is 1. The van der Waals surface area contributed by atoms with Gasteiger partial charge in [0.15, 0.2) is 4.77 Å². The van der Waals surface area contributed by atoms with Crippen LogP contribution in [0.4, 0.5) is 0 Å². The third-order valence-corrected chi connectivity index (χ3v) is 3.38. The van der Waals surface area contributed by atoms with Crippen LogP contribution in [0.3, 0.4) is 0 Å². The molecule has 1 aromatic carbocycles. The number of hydrogen-bond acceptors (Lipinski definition) is 2. The van der Waals surface area contributed by atoms with Crippen molar-refractivity contribution < 1.29 is 0 Å². The van der Waals surface area contributed by atoms with Crippen molar-refractivity contribution in [1.82, 2.24) is 19.3 Å². The monoisotopic (exact) mass is 278 g/mol. The fourth-order valence-electron chi connectivity index (χ4n) is 2.00. The highest BCUT2D eigenvalue weighted by molar-refractivity contribution is 7.71. The maximum Gasteiger partial charge on any atom is 0.178 e. The summed E-state index contributed by atoms with van der Waals surface area (Å²) in [5, 5.41) is 5.06. The van der Waals surface area contributed by atoms with Crippen LogP contribution in [0.15, 0.2) is 30.5 Å². The lowest BCUT2D eigenvalue weighted by molar-refractivity contribution is 0.710. The van der Waals surface area contributed by atoms with Crippen LogP contribution in [0, 0.1) is 4.77 Å². The summed E-state index contributed by atoms with van der Waals surface area (Å²) in [6.45, 7) is 0.654. The van der Waals surface area contributed by atoms with Gasteiger partial charge in [-0.25, -0.2) is 0 Å². The number of aryl methyl sites for hydroxylation is 1. The van der Waals surface area contributed by atoms with E-state index in [1.165, 1.54) is 0 Å². The zero-order valence-electron chi connectivity index (χ0n) is 9.72. The molecule has 0 unspecified atom stereocenters. The molecule has 3 rings (SSSR count). The molecule has 0 bridgehead atoms. The van der Waals surface area contributed by atoms with E-state index in [0.717, 1.165) is 16.7 Å². The van der Waals surface area contributed by atoms with Crippen molar-refractivity contribution in [3.8, 4) is 0 Å². The van der Waals surface area contributed by atoms with Gasteiger partial charge in [-0.3, -0.25) is 4.68 Å². The normalized spacial score (nSPS) is 11.2. The van der Waals surface area contributed by atoms with Gasteiger partial charge in [-0.05, 0) is 36.5 Å². The smallest absolute Gasteiger partial charge is 0.178 e. The number of H-pyrrole nitrogens is 1. The molecule has 4 nitrogen and oxygen atoms in total. The van der Waals surface area contributed by atoms with Gasteiger partial charge in [0, 0.05) is 18.3 Å². The number of aromatic nitrogens is 4. The summed E-state index contributed by atoms with van der Waals surface area (Å²) in [6.07, 6.45) is 1.92. The highest BCUT2D eigenvalue weighted by atomic mass is 35.5. The number of imidazole rings is 1. The largest absolute Gasteiger partial charge is 0.331 e.